The number of carboxylic acids is 2. The average molecular weight is 485 g/mol. The number of ether oxygens (including phenoxy) is 4. The molecular formula is C27H32O8. The van der Waals surface area contributed by atoms with Crippen molar-refractivity contribution >= 4 is 11.9 Å². The summed E-state index contributed by atoms with van der Waals surface area (Å²) in [5.41, 5.74) is 2.42. The van der Waals surface area contributed by atoms with Crippen molar-refractivity contribution in [3.05, 3.63) is 85.0 Å². The highest BCUT2D eigenvalue weighted by Gasteiger charge is 2.25. The number of hydrogen-bond acceptors (Lipinski definition) is 6. The molecule has 4 rings (SSSR count). The van der Waals surface area contributed by atoms with Gasteiger partial charge in [0.2, 0.25) is 0 Å². The van der Waals surface area contributed by atoms with Crippen LogP contribution in [-0.2, 0) is 24.5 Å². The summed E-state index contributed by atoms with van der Waals surface area (Å²) in [6.07, 6.45) is 2.23. The van der Waals surface area contributed by atoms with E-state index in [1.165, 1.54) is 11.1 Å². The Hall–Kier alpha value is -3.62. The second-order valence-electron chi connectivity index (χ2n) is 8.29. The summed E-state index contributed by atoms with van der Waals surface area (Å²) in [7, 11) is 0. The smallest absolute Gasteiger partial charge is 0.327 e. The van der Waals surface area contributed by atoms with Gasteiger partial charge in [-0.1, -0.05) is 51.3 Å². The molecule has 2 aromatic carbocycles. The summed E-state index contributed by atoms with van der Waals surface area (Å²) in [4.78, 5) is 18.5. The number of carboxylic acid groups (broad SMARTS) is 2. The molecule has 2 fully saturated rings. The van der Waals surface area contributed by atoms with E-state index in [0.29, 0.717) is 13.2 Å². The van der Waals surface area contributed by atoms with Gasteiger partial charge in [-0.3, -0.25) is 0 Å². The van der Waals surface area contributed by atoms with Gasteiger partial charge in [-0.2, -0.15) is 0 Å². The fraction of sp³-hybridized carbons (Fsp3) is 0.333. The zero-order valence-corrected chi connectivity index (χ0v) is 20.0. The van der Waals surface area contributed by atoms with Gasteiger partial charge in [0.05, 0.1) is 13.2 Å². The molecule has 2 N–H and O–H groups in total. The van der Waals surface area contributed by atoms with Crippen LogP contribution in [0.4, 0.5) is 0 Å². The molecule has 0 aliphatic carbocycles. The van der Waals surface area contributed by atoms with Crippen LogP contribution in [0, 0.1) is 0 Å². The van der Waals surface area contributed by atoms with Gasteiger partial charge >= 0.3 is 11.9 Å². The highest BCUT2D eigenvalue weighted by Crippen LogP contribution is 2.33. The minimum absolute atomic E-state index is 0.0870. The third-order valence-corrected chi connectivity index (χ3v) is 5.18. The Kier molecular flexibility index (Phi) is 10.5. The van der Waals surface area contributed by atoms with Gasteiger partial charge in [-0.15, -0.1) is 0 Å². The van der Waals surface area contributed by atoms with E-state index >= 15 is 0 Å². The van der Waals surface area contributed by atoms with E-state index in [-0.39, 0.29) is 17.6 Å². The van der Waals surface area contributed by atoms with Gasteiger partial charge in [0, 0.05) is 17.6 Å². The number of rotatable bonds is 10. The minimum atomic E-state index is -0.981. The number of hydrogen-bond donors (Lipinski definition) is 2. The largest absolute Gasteiger partial charge is 0.491 e. The molecule has 0 amide bonds. The van der Waals surface area contributed by atoms with Crippen molar-refractivity contribution in [2.45, 2.75) is 31.5 Å². The van der Waals surface area contributed by atoms with Gasteiger partial charge in [0.25, 0.3) is 0 Å². The van der Waals surface area contributed by atoms with Crippen LogP contribution >= 0.6 is 0 Å². The molecule has 188 valence electrons. The first-order chi connectivity index (χ1) is 16.6. The molecule has 0 bridgehead atoms. The summed E-state index contributed by atoms with van der Waals surface area (Å²) in [5.74, 6) is -0.183. The van der Waals surface area contributed by atoms with Gasteiger partial charge in [-0.25, -0.2) is 9.59 Å². The quantitative estimate of drug-likeness (QED) is 0.383. The predicted molar refractivity (Wildman–Crippen MR) is 131 cm³/mol. The van der Waals surface area contributed by atoms with E-state index in [9.17, 15) is 9.59 Å². The highest BCUT2D eigenvalue weighted by molar-refractivity contribution is 5.79. The molecule has 2 atom stereocenters. The number of aliphatic carboxylic acids is 2. The fourth-order valence-corrected chi connectivity index (χ4v) is 2.81. The Morgan fingerprint density at radius 1 is 0.829 bits per heavy atom. The van der Waals surface area contributed by atoms with Crippen LogP contribution in [0.15, 0.2) is 73.8 Å². The topological polar surface area (TPSA) is 118 Å². The molecule has 35 heavy (non-hydrogen) atoms. The molecule has 2 heterocycles. The lowest BCUT2D eigenvalue weighted by Crippen LogP contribution is -2.18. The van der Waals surface area contributed by atoms with E-state index in [1.807, 2.05) is 24.3 Å². The van der Waals surface area contributed by atoms with Gasteiger partial charge in [0.15, 0.2) is 0 Å². The molecule has 2 saturated heterocycles. The van der Waals surface area contributed by atoms with E-state index in [4.69, 9.17) is 29.2 Å². The molecule has 0 saturated carbocycles. The monoisotopic (exact) mass is 484 g/mol. The Bertz CT molecular complexity index is 892. The van der Waals surface area contributed by atoms with Crippen LogP contribution < -0.4 is 9.47 Å². The number of epoxide rings is 2. The lowest BCUT2D eigenvalue weighted by molar-refractivity contribution is -0.132. The molecule has 2 aliphatic heterocycles. The van der Waals surface area contributed by atoms with Crippen LogP contribution in [0.25, 0.3) is 0 Å². The first-order valence-corrected chi connectivity index (χ1v) is 11.1. The van der Waals surface area contributed by atoms with Crippen molar-refractivity contribution in [3.63, 3.8) is 0 Å². The maximum absolute atomic E-state index is 9.25. The first kappa shape index (κ1) is 27.6. The second-order valence-corrected chi connectivity index (χ2v) is 8.29. The maximum Gasteiger partial charge on any atom is 0.327 e. The molecule has 2 aliphatic rings. The maximum atomic E-state index is 9.25. The van der Waals surface area contributed by atoms with Crippen molar-refractivity contribution < 1.29 is 38.7 Å². The molecular weight excluding hydrogens is 452 g/mol. The second kappa shape index (κ2) is 13.3. The van der Waals surface area contributed by atoms with E-state index in [2.05, 4.69) is 51.3 Å². The lowest BCUT2D eigenvalue weighted by atomic mass is 9.78. The molecule has 2 aromatic rings. The standard InChI is InChI=1S/C21H24O4.2C3H4O2/c1-21(2,15-3-7-17(8-4-15)22-11-19-13-24-19)16-5-9-18(10-6-16)23-12-20-14-25-20;2*1-2-3(4)5/h3-10,19-20H,11-14H2,1-2H3;2*2H,1H2,(H,4,5). The summed E-state index contributed by atoms with van der Waals surface area (Å²) in [5, 5.41) is 15.2. The molecule has 0 radical (unpaired) electrons. The molecule has 8 nitrogen and oxygen atoms in total. The lowest BCUT2D eigenvalue weighted by Gasteiger charge is -2.26. The minimum Gasteiger partial charge on any atom is -0.491 e. The molecule has 8 heteroatoms. The summed E-state index contributed by atoms with van der Waals surface area (Å²) >= 11 is 0. The fourth-order valence-electron chi connectivity index (χ4n) is 2.81. The van der Waals surface area contributed by atoms with Crippen LogP contribution in [0.3, 0.4) is 0 Å². The Morgan fingerprint density at radius 2 is 1.11 bits per heavy atom. The zero-order chi connectivity index (χ0) is 25.8. The summed E-state index contributed by atoms with van der Waals surface area (Å²) < 4.78 is 21.8. The average Bonchev–Trinajstić information content (AvgIpc) is 3.78. The van der Waals surface area contributed by atoms with Crippen LogP contribution in [0.2, 0.25) is 0 Å². The highest BCUT2D eigenvalue weighted by atomic mass is 16.6. The van der Waals surface area contributed by atoms with E-state index in [1.54, 1.807) is 0 Å². The first-order valence-electron chi connectivity index (χ1n) is 11.1. The molecule has 0 spiro atoms. The van der Waals surface area contributed by atoms with Gasteiger partial charge in [-0.05, 0) is 35.4 Å². The summed E-state index contributed by atoms with van der Waals surface area (Å²) in [6.45, 7) is 13.3. The zero-order valence-electron chi connectivity index (χ0n) is 20.0. The van der Waals surface area contributed by atoms with Crippen LogP contribution in [-0.4, -0.2) is 60.8 Å². The normalized spacial score (nSPS) is 17.3. The van der Waals surface area contributed by atoms with Crippen molar-refractivity contribution in [1.82, 2.24) is 0 Å². The summed E-state index contributed by atoms with van der Waals surface area (Å²) in [6, 6.07) is 16.7. The van der Waals surface area contributed by atoms with Gasteiger partial charge in [0.1, 0.15) is 36.9 Å². The van der Waals surface area contributed by atoms with Crippen molar-refractivity contribution in [1.29, 1.82) is 0 Å². The molecule has 2 unspecified atom stereocenters. The van der Waals surface area contributed by atoms with E-state index < -0.39 is 11.9 Å². The van der Waals surface area contributed by atoms with Crippen molar-refractivity contribution in [3.8, 4) is 11.5 Å². The Balaban J connectivity index is 0.000000368. The van der Waals surface area contributed by atoms with E-state index in [0.717, 1.165) is 36.9 Å². The molecule has 0 aromatic heterocycles. The van der Waals surface area contributed by atoms with Gasteiger partial charge < -0.3 is 29.2 Å². The number of benzene rings is 2. The third-order valence-electron chi connectivity index (χ3n) is 5.18. The third kappa shape index (κ3) is 10.5. The van der Waals surface area contributed by atoms with Crippen molar-refractivity contribution in [2.75, 3.05) is 26.4 Å². The number of carbonyl (C=O) groups is 2. The SMILES string of the molecule is C=CC(=O)O.C=CC(=O)O.CC(C)(c1ccc(OCC2CO2)cc1)c1ccc(OCC2CO2)cc1. The van der Waals surface area contributed by atoms with Crippen LogP contribution in [0.1, 0.15) is 25.0 Å². The van der Waals surface area contributed by atoms with Crippen molar-refractivity contribution in [2.24, 2.45) is 0 Å². The Labute approximate surface area is 205 Å². The predicted octanol–water partition coefficient (Wildman–Crippen LogP) is 4.08. The van der Waals surface area contributed by atoms with Crippen LogP contribution in [0.5, 0.6) is 11.5 Å². The Morgan fingerprint density at radius 3 is 1.34 bits per heavy atom.